The molecular weight excluding hydrogens is 300 g/mol. The molecule has 0 spiro atoms. The summed E-state index contributed by atoms with van der Waals surface area (Å²) in [5.41, 5.74) is 0. The lowest BCUT2D eigenvalue weighted by Gasteiger charge is -1.91. The standard InChI is InChI=1S/2CH4.3H4O4Si/c;;3*1-5(2,3)4/h2*1H4;3*1-4H. The predicted octanol–water partition coefficient (Wildman–Crippen LogP) is -6.55. The van der Waals surface area contributed by atoms with E-state index >= 15 is 0 Å². The number of hydrogen-bond acceptors (Lipinski definition) is 12. The van der Waals surface area contributed by atoms with Crippen LogP contribution in [0.4, 0.5) is 0 Å². The lowest BCUT2D eigenvalue weighted by Crippen LogP contribution is -2.33. The number of rotatable bonds is 0. The second-order valence-electron chi connectivity index (χ2n) is 1.80. The maximum Gasteiger partial charge on any atom is 0.668 e. The molecule has 0 aliphatic rings. The van der Waals surface area contributed by atoms with Crippen LogP contribution in [0.25, 0.3) is 0 Å². The predicted molar refractivity (Wildman–Crippen MR) is 57.3 cm³/mol. The SMILES string of the molecule is C.C.O[Si](O)(O)O.O[Si](O)(O)O.O[Si](O)(O)O. The third-order valence-electron chi connectivity index (χ3n) is 0. The van der Waals surface area contributed by atoms with Crippen LogP contribution in [0.2, 0.25) is 0 Å². The van der Waals surface area contributed by atoms with Crippen molar-refractivity contribution >= 4 is 27.1 Å². The largest absolute Gasteiger partial charge is 0.668 e. The molecule has 0 fully saturated rings. The van der Waals surface area contributed by atoms with Crippen molar-refractivity contribution in [2.45, 2.75) is 14.9 Å². The summed E-state index contributed by atoms with van der Waals surface area (Å²) in [6, 6.07) is 0. The first-order valence-corrected chi connectivity index (χ1v) is 8.05. The fraction of sp³-hybridized carbons (Fsp3) is 1.00. The molecule has 0 unspecified atom stereocenters. The first kappa shape index (κ1) is 30.3. The van der Waals surface area contributed by atoms with Gasteiger partial charge in [0.25, 0.3) is 0 Å². The molecule has 0 rings (SSSR count). The molecule has 0 bridgehead atoms. The maximum atomic E-state index is 7.33. The van der Waals surface area contributed by atoms with Gasteiger partial charge in [-0.2, -0.15) is 0 Å². The molecule has 0 radical (unpaired) electrons. The summed E-state index contributed by atoms with van der Waals surface area (Å²) in [6.45, 7) is 0. The summed E-state index contributed by atoms with van der Waals surface area (Å²) in [5, 5.41) is 0. The van der Waals surface area contributed by atoms with Crippen LogP contribution >= 0.6 is 0 Å². The van der Waals surface area contributed by atoms with Crippen molar-refractivity contribution in [2.75, 3.05) is 0 Å². The lowest BCUT2D eigenvalue weighted by atomic mass is 12.0. The van der Waals surface area contributed by atoms with Gasteiger partial charge in [0.05, 0.1) is 0 Å². The Morgan fingerprint density at radius 2 is 0.294 bits per heavy atom. The second kappa shape index (κ2) is 11.3. The van der Waals surface area contributed by atoms with Crippen LogP contribution in [-0.2, 0) is 0 Å². The van der Waals surface area contributed by atoms with Gasteiger partial charge in [-0.15, -0.1) is 0 Å². The zero-order chi connectivity index (χ0) is 13.5. The van der Waals surface area contributed by atoms with E-state index < -0.39 is 27.1 Å². The number of hydrogen-bond donors (Lipinski definition) is 12. The van der Waals surface area contributed by atoms with Crippen molar-refractivity contribution in [2.24, 2.45) is 0 Å². The Labute approximate surface area is 100 Å². The molecule has 0 aromatic carbocycles. The van der Waals surface area contributed by atoms with Gasteiger partial charge >= 0.3 is 27.1 Å². The normalized spacial score (nSPS) is 10.6. The monoisotopic (exact) mass is 320 g/mol. The molecule has 15 heteroatoms. The van der Waals surface area contributed by atoms with Crippen molar-refractivity contribution in [3.63, 3.8) is 0 Å². The Morgan fingerprint density at radius 1 is 0.294 bits per heavy atom. The Hall–Kier alpha value is 0.171. The van der Waals surface area contributed by atoms with Crippen molar-refractivity contribution in [3.8, 4) is 0 Å². The van der Waals surface area contributed by atoms with Gasteiger partial charge in [0.1, 0.15) is 0 Å². The third-order valence-corrected chi connectivity index (χ3v) is 0. The molecule has 12 nitrogen and oxygen atoms in total. The maximum absolute atomic E-state index is 7.33. The van der Waals surface area contributed by atoms with Gasteiger partial charge in [-0.05, 0) is 0 Å². The summed E-state index contributed by atoms with van der Waals surface area (Å²) in [6.07, 6.45) is 0. The van der Waals surface area contributed by atoms with E-state index in [0.29, 0.717) is 0 Å². The van der Waals surface area contributed by atoms with E-state index in [-0.39, 0.29) is 14.9 Å². The van der Waals surface area contributed by atoms with E-state index in [0.717, 1.165) is 0 Å². The van der Waals surface area contributed by atoms with Crippen molar-refractivity contribution < 1.29 is 57.5 Å². The Morgan fingerprint density at radius 3 is 0.294 bits per heavy atom. The van der Waals surface area contributed by atoms with Crippen molar-refractivity contribution in [3.05, 3.63) is 0 Å². The minimum atomic E-state index is -4.61. The quantitative estimate of drug-likeness (QED) is 0.186. The molecule has 0 heterocycles. The van der Waals surface area contributed by atoms with E-state index in [4.69, 9.17) is 57.5 Å². The minimum Gasteiger partial charge on any atom is -0.368 e. The molecule has 0 aliphatic heterocycles. The van der Waals surface area contributed by atoms with Gasteiger partial charge in [-0.25, -0.2) is 0 Å². The summed E-state index contributed by atoms with van der Waals surface area (Å²) < 4.78 is 0. The van der Waals surface area contributed by atoms with E-state index in [1.54, 1.807) is 0 Å². The van der Waals surface area contributed by atoms with Gasteiger partial charge in [0, 0.05) is 0 Å². The fourth-order valence-electron chi connectivity index (χ4n) is 0. The van der Waals surface area contributed by atoms with Crippen LogP contribution in [-0.4, -0.2) is 84.7 Å². The van der Waals surface area contributed by atoms with Crippen LogP contribution < -0.4 is 0 Å². The molecule has 17 heavy (non-hydrogen) atoms. The minimum absolute atomic E-state index is 0. The zero-order valence-corrected chi connectivity index (χ0v) is 9.87. The summed E-state index contributed by atoms with van der Waals surface area (Å²) in [5.74, 6) is 0. The third kappa shape index (κ3) is 112000. The van der Waals surface area contributed by atoms with Gasteiger partial charge in [-0.1, -0.05) is 14.9 Å². The fourth-order valence-corrected chi connectivity index (χ4v) is 0. The van der Waals surface area contributed by atoms with E-state index in [1.807, 2.05) is 0 Å². The van der Waals surface area contributed by atoms with E-state index in [9.17, 15) is 0 Å². The van der Waals surface area contributed by atoms with Crippen LogP contribution in [0, 0.1) is 0 Å². The summed E-state index contributed by atoms with van der Waals surface area (Å²) in [7, 11) is -13.8. The van der Waals surface area contributed by atoms with Crippen LogP contribution in [0.1, 0.15) is 14.9 Å². The topological polar surface area (TPSA) is 243 Å². The Bertz CT molecular complexity index is 94.8. The second-order valence-corrected chi connectivity index (χ2v) is 5.40. The Kier molecular flexibility index (Phi) is 20.1. The highest BCUT2D eigenvalue weighted by atomic mass is 28.4. The molecular formula is C2H20O12Si3. The summed E-state index contributed by atoms with van der Waals surface area (Å²) >= 11 is 0. The average molecular weight is 320 g/mol. The first-order chi connectivity index (χ1) is 6.00. The molecule has 0 aromatic heterocycles. The lowest BCUT2D eigenvalue weighted by molar-refractivity contribution is 0.115. The van der Waals surface area contributed by atoms with Crippen LogP contribution in [0.5, 0.6) is 0 Å². The highest BCUT2D eigenvalue weighted by Crippen LogP contribution is 1.68. The van der Waals surface area contributed by atoms with Crippen LogP contribution in [0.3, 0.4) is 0 Å². The van der Waals surface area contributed by atoms with Crippen molar-refractivity contribution in [1.29, 1.82) is 0 Å². The van der Waals surface area contributed by atoms with E-state index in [1.165, 1.54) is 0 Å². The van der Waals surface area contributed by atoms with Gasteiger partial charge < -0.3 is 57.5 Å². The first-order valence-electron chi connectivity index (χ1n) is 2.68. The highest BCUT2D eigenvalue weighted by Gasteiger charge is 2.23. The molecule has 0 aliphatic carbocycles. The van der Waals surface area contributed by atoms with Gasteiger partial charge in [0.15, 0.2) is 0 Å². The van der Waals surface area contributed by atoms with E-state index in [2.05, 4.69) is 0 Å². The molecule has 0 saturated heterocycles. The zero-order valence-electron chi connectivity index (χ0n) is 6.87. The highest BCUT2D eigenvalue weighted by molar-refractivity contribution is 6.47. The smallest absolute Gasteiger partial charge is 0.368 e. The summed E-state index contributed by atoms with van der Waals surface area (Å²) in [4.78, 5) is 87.9. The molecule has 12 N–H and O–H groups in total. The average Bonchev–Trinajstić information content (AvgIpc) is 1.41. The van der Waals surface area contributed by atoms with Gasteiger partial charge in [-0.3, -0.25) is 0 Å². The Balaban J connectivity index is -0.0000000400. The molecule has 0 aromatic rings. The van der Waals surface area contributed by atoms with Crippen molar-refractivity contribution in [1.82, 2.24) is 0 Å². The molecule has 0 atom stereocenters. The van der Waals surface area contributed by atoms with Crippen LogP contribution in [0.15, 0.2) is 0 Å². The van der Waals surface area contributed by atoms with Gasteiger partial charge in [0.2, 0.25) is 0 Å². The molecule has 0 saturated carbocycles. The molecule has 0 amide bonds. The molecule has 112 valence electrons.